The highest BCUT2D eigenvalue weighted by Gasteiger charge is 2.31. The minimum absolute atomic E-state index is 0.107. The van der Waals surface area contributed by atoms with E-state index >= 15 is 0 Å². The molecule has 0 bridgehead atoms. The van der Waals surface area contributed by atoms with Gasteiger partial charge in [0.1, 0.15) is 11.6 Å². The number of amides is 1. The fourth-order valence-electron chi connectivity index (χ4n) is 4.17. The minimum atomic E-state index is -0.686. The van der Waals surface area contributed by atoms with Crippen LogP contribution < -0.4 is 4.74 Å². The van der Waals surface area contributed by atoms with Gasteiger partial charge in [-0.3, -0.25) is 14.6 Å². The maximum absolute atomic E-state index is 13.5. The van der Waals surface area contributed by atoms with Gasteiger partial charge >= 0.3 is 5.97 Å². The van der Waals surface area contributed by atoms with Crippen molar-refractivity contribution >= 4 is 34.4 Å². The lowest BCUT2D eigenvalue weighted by atomic mass is 10.0. The SMILES string of the molecule is COC(=O)C[C@H]1CCN(C(=O)[C@@H](C)Oc2ccc3c(-c4ccc(F)cc4Cl)ccnc3c2)C1. The normalized spacial score (nSPS) is 16.6. The molecule has 2 atom stereocenters. The molecule has 0 N–H and O–H groups in total. The number of ether oxygens (including phenoxy) is 2. The number of carbonyl (C=O) groups is 2. The molecule has 0 unspecified atom stereocenters. The summed E-state index contributed by atoms with van der Waals surface area (Å²) >= 11 is 6.25. The number of likely N-dealkylation sites (tertiary alicyclic amines) is 1. The lowest BCUT2D eigenvalue weighted by molar-refractivity contribution is -0.142. The molecule has 1 aliphatic rings. The molecule has 2 heterocycles. The maximum atomic E-state index is 13.5. The highest BCUT2D eigenvalue weighted by molar-refractivity contribution is 6.33. The number of rotatable bonds is 6. The first kappa shape index (κ1) is 23.0. The van der Waals surface area contributed by atoms with Gasteiger partial charge in [-0.25, -0.2) is 4.39 Å². The average Bonchev–Trinajstić information content (AvgIpc) is 3.26. The van der Waals surface area contributed by atoms with Gasteiger partial charge in [-0.15, -0.1) is 0 Å². The molecule has 6 nitrogen and oxygen atoms in total. The van der Waals surface area contributed by atoms with E-state index in [9.17, 15) is 14.0 Å². The third-order valence-corrected chi connectivity index (χ3v) is 6.19. The summed E-state index contributed by atoms with van der Waals surface area (Å²) in [6, 6.07) is 11.5. The van der Waals surface area contributed by atoms with Crippen LogP contribution in [0.5, 0.6) is 5.75 Å². The number of benzene rings is 2. The molecule has 4 rings (SSSR count). The van der Waals surface area contributed by atoms with E-state index in [1.807, 2.05) is 12.1 Å². The van der Waals surface area contributed by atoms with Crippen molar-refractivity contribution < 1.29 is 23.5 Å². The number of halogens is 2. The fraction of sp³-hybridized carbons (Fsp3) is 0.320. The van der Waals surface area contributed by atoms with Gasteiger partial charge in [0.05, 0.1) is 24.1 Å². The predicted molar refractivity (Wildman–Crippen MR) is 124 cm³/mol. The van der Waals surface area contributed by atoms with Crippen LogP contribution >= 0.6 is 11.6 Å². The van der Waals surface area contributed by atoms with Crippen LogP contribution in [-0.4, -0.2) is 48.1 Å². The van der Waals surface area contributed by atoms with E-state index in [1.54, 1.807) is 36.2 Å². The summed E-state index contributed by atoms with van der Waals surface area (Å²) in [7, 11) is 1.37. The van der Waals surface area contributed by atoms with E-state index in [1.165, 1.54) is 19.2 Å². The van der Waals surface area contributed by atoms with E-state index in [0.717, 1.165) is 17.4 Å². The van der Waals surface area contributed by atoms with E-state index in [-0.39, 0.29) is 17.8 Å². The molecular weight excluding hydrogens is 447 g/mol. The quantitative estimate of drug-likeness (QED) is 0.480. The summed E-state index contributed by atoms with van der Waals surface area (Å²) in [6.07, 6.45) is 2.05. The molecule has 33 heavy (non-hydrogen) atoms. The molecule has 1 saturated heterocycles. The third-order valence-electron chi connectivity index (χ3n) is 5.88. The number of aromatic nitrogens is 1. The molecule has 1 amide bonds. The molecule has 0 spiro atoms. The number of nitrogens with zero attached hydrogens (tertiary/aromatic N) is 2. The zero-order chi connectivity index (χ0) is 23.5. The summed E-state index contributed by atoms with van der Waals surface area (Å²) in [5, 5.41) is 1.15. The van der Waals surface area contributed by atoms with Crippen LogP contribution in [0.25, 0.3) is 22.0 Å². The van der Waals surface area contributed by atoms with Crippen molar-refractivity contribution in [2.45, 2.75) is 25.9 Å². The van der Waals surface area contributed by atoms with Crippen LogP contribution in [0.3, 0.4) is 0 Å². The van der Waals surface area contributed by atoms with Gasteiger partial charge in [0.25, 0.3) is 5.91 Å². The maximum Gasteiger partial charge on any atom is 0.305 e. The van der Waals surface area contributed by atoms with Crippen LogP contribution in [-0.2, 0) is 14.3 Å². The molecule has 1 aliphatic heterocycles. The summed E-state index contributed by atoms with van der Waals surface area (Å²) in [4.78, 5) is 30.5. The summed E-state index contributed by atoms with van der Waals surface area (Å²) in [6.45, 7) is 2.82. The number of carbonyl (C=O) groups excluding carboxylic acids is 2. The van der Waals surface area contributed by atoms with E-state index < -0.39 is 11.9 Å². The number of hydrogen-bond donors (Lipinski definition) is 0. The second kappa shape index (κ2) is 9.75. The molecule has 3 aromatic rings. The Morgan fingerprint density at radius 1 is 1.21 bits per heavy atom. The molecule has 1 aromatic heterocycles. The van der Waals surface area contributed by atoms with Gasteiger partial charge in [-0.2, -0.15) is 0 Å². The molecule has 0 aliphatic carbocycles. The number of esters is 1. The highest BCUT2D eigenvalue weighted by Crippen LogP contribution is 2.34. The van der Waals surface area contributed by atoms with Crippen LogP contribution in [0, 0.1) is 11.7 Å². The standard InChI is InChI=1S/C25H24ClFN2O4/c1-15(25(31)29-10-8-16(14-29)11-24(30)32-2)33-18-4-6-21-19(7-9-28-23(21)13-18)20-5-3-17(27)12-22(20)26/h3-7,9,12-13,15-16H,8,10-11,14H2,1-2H3/t15-,16-/m1/s1. The first-order valence-corrected chi connectivity index (χ1v) is 11.1. The van der Waals surface area contributed by atoms with Crippen LogP contribution in [0.4, 0.5) is 4.39 Å². The van der Waals surface area contributed by atoms with Gasteiger partial charge in [-0.05, 0) is 61.2 Å². The van der Waals surface area contributed by atoms with Gasteiger partial charge in [0.2, 0.25) is 0 Å². The Morgan fingerprint density at radius 3 is 2.79 bits per heavy atom. The van der Waals surface area contributed by atoms with Crippen molar-refractivity contribution in [3.8, 4) is 16.9 Å². The Hall–Kier alpha value is -3.19. The summed E-state index contributed by atoms with van der Waals surface area (Å²) in [5.41, 5.74) is 2.21. The zero-order valence-corrected chi connectivity index (χ0v) is 19.1. The summed E-state index contributed by atoms with van der Waals surface area (Å²) in [5.74, 6) is -0.157. The van der Waals surface area contributed by atoms with E-state index in [4.69, 9.17) is 21.1 Å². The molecule has 172 valence electrons. The second-order valence-corrected chi connectivity index (χ2v) is 8.55. The summed E-state index contributed by atoms with van der Waals surface area (Å²) < 4.78 is 24.1. The molecule has 2 aromatic carbocycles. The van der Waals surface area contributed by atoms with Crippen molar-refractivity contribution in [2.24, 2.45) is 5.92 Å². The van der Waals surface area contributed by atoms with E-state index in [0.29, 0.717) is 41.4 Å². The Morgan fingerprint density at radius 2 is 2.03 bits per heavy atom. The van der Waals surface area contributed by atoms with Crippen molar-refractivity contribution in [1.29, 1.82) is 0 Å². The molecule has 0 radical (unpaired) electrons. The topological polar surface area (TPSA) is 68.7 Å². The number of methoxy groups -OCH3 is 1. The lowest BCUT2D eigenvalue weighted by Crippen LogP contribution is -2.39. The van der Waals surface area contributed by atoms with Gasteiger partial charge in [0, 0.05) is 36.3 Å². The molecule has 1 fully saturated rings. The van der Waals surface area contributed by atoms with Crippen molar-refractivity contribution in [3.63, 3.8) is 0 Å². The van der Waals surface area contributed by atoms with Crippen LogP contribution in [0.15, 0.2) is 48.7 Å². The molecule has 0 saturated carbocycles. The Balaban J connectivity index is 1.48. The van der Waals surface area contributed by atoms with Gasteiger partial charge in [0.15, 0.2) is 6.10 Å². The predicted octanol–water partition coefficient (Wildman–Crippen LogP) is 4.87. The largest absolute Gasteiger partial charge is 0.481 e. The molecule has 8 heteroatoms. The minimum Gasteiger partial charge on any atom is -0.481 e. The first-order valence-electron chi connectivity index (χ1n) is 10.7. The monoisotopic (exact) mass is 470 g/mol. The Labute approximate surface area is 196 Å². The third kappa shape index (κ3) is 5.09. The first-order chi connectivity index (χ1) is 15.9. The smallest absolute Gasteiger partial charge is 0.305 e. The zero-order valence-electron chi connectivity index (χ0n) is 18.4. The van der Waals surface area contributed by atoms with Gasteiger partial charge < -0.3 is 14.4 Å². The molecular formula is C25H24ClFN2O4. The van der Waals surface area contributed by atoms with E-state index in [2.05, 4.69) is 4.98 Å². The Kier molecular flexibility index (Phi) is 6.79. The van der Waals surface area contributed by atoms with Crippen LogP contribution in [0.1, 0.15) is 19.8 Å². The lowest BCUT2D eigenvalue weighted by Gasteiger charge is -2.22. The second-order valence-electron chi connectivity index (χ2n) is 8.14. The fourth-order valence-corrected chi connectivity index (χ4v) is 4.44. The Bertz CT molecular complexity index is 1200. The van der Waals surface area contributed by atoms with Crippen LogP contribution in [0.2, 0.25) is 5.02 Å². The van der Waals surface area contributed by atoms with Crippen molar-refractivity contribution in [3.05, 3.63) is 59.5 Å². The highest BCUT2D eigenvalue weighted by atomic mass is 35.5. The van der Waals surface area contributed by atoms with Gasteiger partial charge in [-0.1, -0.05) is 11.6 Å². The number of hydrogen-bond acceptors (Lipinski definition) is 5. The number of pyridine rings is 1. The van der Waals surface area contributed by atoms with Crippen molar-refractivity contribution in [1.82, 2.24) is 9.88 Å². The average molecular weight is 471 g/mol. The van der Waals surface area contributed by atoms with Crippen molar-refractivity contribution in [2.75, 3.05) is 20.2 Å². The number of fused-ring (bicyclic) bond motifs is 1.